The van der Waals surface area contributed by atoms with E-state index in [9.17, 15) is 0 Å². The van der Waals surface area contributed by atoms with Crippen molar-refractivity contribution in [3.8, 4) is 0 Å². The van der Waals surface area contributed by atoms with Crippen LogP contribution in [0, 0.1) is 0 Å². The summed E-state index contributed by atoms with van der Waals surface area (Å²) in [6.07, 6.45) is 11.2. The van der Waals surface area contributed by atoms with E-state index in [0.717, 1.165) is 6.61 Å². The van der Waals surface area contributed by atoms with Gasteiger partial charge in [0.05, 0.1) is 0 Å². The topological polar surface area (TPSA) is 9.23 Å². The highest BCUT2D eigenvalue weighted by Gasteiger charge is 2.34. The van der Waals surface area contributed by atoms with E-state index in [1.165, 1.54) is 51.0 Å². The van der Waals surface area contributed by atoms with Crippen LogP contribution in [0.2, 0.25) is 11.1 Å². The van der Waals surface area contributed by atoms with Crippen LogP contribution in [-0.2, 0) is 4.43 Å². The van der Waals surface area contributed by atoms with Crippen LogP contribution in [0.5, 0.6) is 0 Å². The SMILES string of the molecule is C=CCCCCCC(C)(C)[Si]1CCCCO1. The van der Waals surface area contributed by atoms with E-state index in [0.29, 0.717) is 5.04 Å². The summed E-state index contributed by atoms with van der Waals surface area (Å²) in [5.74, 6) is 0. The first-order chi connectivity index (χ1) is 7.67. The fraction of sp³-hybridized carbons (Fsp3) is 0.857. The highest BCUT2D eigenvalue weighted by molar-refractivity contribution is 6.55. The van der Waals surface area contributed by atoms with Gasteiger partial charge in [-0.3, -0.25) is 0 Å². The van der Waals surface area contributed by atoms with Crippen LogP contribution in [0.4, 0.5) is 0 Å². The summed E-state index contributed by atoms with van der Waals surface area (Å²) in [5, 5.41) is 0.471. The molecule has 1 nitrogen and oxygen atoms in total. The molecule has 0 aliphatic carbocycles. The molecule has 0 atom stereocenters. The van der Waals surface area contributed by atoms with Crippen LogP contribution < -0.4 is 0 Å². The van der Waals surface area contributed by atoms with Crippen molar-refractivity contribution in [1.29, 1.82) is 0 Å². The molecule has 0 bridgehead atoms. The van der Waals surface area contributed by atoms with Crippen molar-refractivity contribution in [2.45, 2.75) is 69.9 Å². The third kappa shape index (κ3) is 4.83. The first-order valence-corrected chi connectivity index (χ1v) is 8.38. The van der Waals surface area contributed by atoms with Crippen molar-refractivity contribution >= 4 is 9.04 Å². The molecular weight excluding hydrogens is 212 g/mol. The van der Waals surface area contributed by atoms with Crippen molar-refractivity contribution in [3.05, 3.63) is 12.7 Å². The minimum Gasteiger partial charge on any atom is -0.416 e. The first-order valence-electron chi connectivity index (χ1n) is 6.77. The van der Waals surface area contributed by atoms with Gasteiger partial charge in [0.25, 0.3) is 0 Å². The molecule has 1 heterocycles. The van der Waals surface area contributed by atoms with Crippen LogP contribution in [0.3, 0.4) is 0 Å². The van der Waals surface area contributed by atoms with E-state index in [-0.39, 0.29) is 0 Å². The molecule has 0 amide bonds. The van der Waals surface area contributed by atoms with Gasteiger partial charge >= 0.3 is 0 Å². The summed E-state index contributed by atoms with van der Waals surface area (Å²) in [4.78, 5) is 0. The number of allylic oxidation sites excluding steroid dienone is 1. The molecular formula is C14H27OSi. The molecule has 1 saturated heterocycles. The van der Waals surface area contributed by atoms with Crippen molar-refractivity contribution in [2.24, 2.45) is 0 Å². The Bertz CT molecular complexity index is 195. The monoisotopic (exact) mass is 239 g/mol. The van der Waals surface area contributed by atoms with Gasteiger partial charge in [-0.1, -0.05) is 39.2 Å². The minimum absolute atomic E-state index is 0.471. The van der Waals surface area contributed by atoms with Gasteiger partial charge in [-0.25, -0.2) is 0 Å². The zero-order chi connectivity index (χ0) is 11.9. The Morgan fingerprint density at radius 3 is 2.69 bits per heavy atom. The molecule has 0 N–H and O–H groups in total. The molecule has 0 aromatic rings. The van der Waals surface area contributed by atoms with Crippen LogP contribution >= 0.6 is 0 Å². The molecule has 16 heavy (non-hydrogen) atoms. The van der Waals surface area contributed by atoms with Crippen molar-refractivity contribution in [3.63, 3.8) is 0 Å². The molecule has 2 heteroatoms. The highest BCUT2D eigenvalue weighted by atomic mass is 28.3. The first kappa shape index (κ1) is 14.0. The smallest absolute Gasteiger partial charge is 0.217 e. The van der Waals surface area contributed by atoms with Gasteiger partial charge < -0.3 is 4.43 Å². The third-order valence-electron chi connectivity index (χ3n) is 3.54. The fourth-order valence-electron chi connectivity index (χ4n) is 2.36. The maximum absolute atomic E-state index is 6.01. The summed E-state index contributed by atoms with van der Waals surface area (Å²) in [5.41, 5.74) is 0. The van der Waals surface area contributed by atoms with Crippen LogP contribution in [0.15, 0.2) is 12.7 Å². The van der Waals surface area contributed by atoms with Gasteiger partial charge in [0.2, 0.25) is 9.04 Å². The Hall–Kier alpha value is -0.0831. The Morgan fingerprint density at radius 2 is 2.06 bits per heavy atom. The molecule has 1 rings (SSSR count). The van der Waals surface area contributed by atoms with E-state index in [1.807, 2.05) is 6.08 Å². The Labute approximate surface area is 103 Å². The molecule has 93 valence electrons. The zero-order valence-electron chi connectivity index (χ0n) is 11.1. The van der Waals surface area contributed by atoms with Crippen LogP contribution in [0.1, 0.15) is 58.8 Å². The van der Waals surface area contributed by atoms with E-state index in [1.54, 1.807) is 0 Å². The Morgan fingerprint density at radius 1 is 1.25 bits per heavy atom. The highest BCUT2D eigenvalue weighted by Crippen LogP contribution is 2.39. The van der Waals surface area contributed by atoms with E-state index in [2.05, 4.69) is 20.4 Å². The molecule has 1 aliphatic heterocycles. The predicted octanol–water partition coefficient (Wildman–Crippen LogP) is 4.71. The molecule has 1 radical (unpaired) electrons. The summed E-state index contributed by atoms with van der Waals surface area (Å²) < 4.78 is 6.01. The van der Waals surface area contributed by atoms with Crippen LogP contribution in [-0.4, -0.2) is 15.6 Å². The predicted molar refractivity (Wildman–Crippen MR) is 73.1 cm³/mol. The molecule has 0 saturated carbocycles. The summed E-state index contributed by atoms with van der Waals surface area (Å²) in [6, 6.07) is 1.37. The summed E-state index contributed by atoms with van der Waals surface area (Å²) in [7, 11) is -0.537. The van der Waals surface area contributed by atoms with Gasteiger partial charge in [-0.15, -0.1) is 6.58 Å². The standard InChI is InChI=1S/C14H27OSi/c1-4-5-6-7-8-11-14(2,3)16-13-10-9-12-15-16/h4H,1,5-13H2,2-3H3. The third-order valence-corrected chi connectivity index (χ3v) is 6.66. The Kier molecular flexibility index (Phi) is 6.36. The van der Waals surface area contributed by atoms with Crippen molar-refractivity contribution in [1.82, 2.24) is 0 Å². The molecule has 0 unspecified atom stereocenters. The second kappa shape index (κ2) is 7.28. The van der Waals surface area contributed by atoms with Crippen molar-refractivity contribution < 1.29 is 4.43 Å². The van der Waals surface area contributed by atoms with E-state index in [4.69, 9.17) is 4.43 Å². The second-order valence-electron chi connectivity index (χ2n) is 5.50. The molecule has 0 spiro atoms. The summed E-state index contributed by atoms with van der Waals surface area (Å²) in [6.45, 7) is 9.62. The second-order valence-corrected chi connectivity index (χ2v) is 8.49. The van der Waals surface area contributed by atoms with E-state index < -0.39 is 9.04 Å². The average Bonchev–Trinajstić information content (AvgIpc) is 2.30. The molecule has 0 aromatic heterocycles. The number of unbranched alkanes of at least 4 members (excludes halogenated alkanes) is 3. The maximum atomic E-state index is 6.01. The lowest BCUT2D eigenvalue weighted by Crippen LogP contribution is -2.34. The zero-order valence-corrected chi connectivity index (χ0v) is 12.1. The van der Waals surface area contributed by atoms with Gasteiger partial charge in [0.1, 0.15) is 0 Å². The van der Waals surface area contributed by atoms with Gasteiger partial charge in [-0.2, -0.15) is 0 Å². The molecule has 1 aliphatic rings. The number of rotatable bonds is 7. The largest absolute Gasteiger partial charge is 0.416 e. The lowest BCUT2D eigenvalue weighted by atomic mass is 10.0. The quantitative estimate of drug-likeness (QED) is 0.355. The van der Waals surface area contributed by atoms with Gasteiger partial charge in [0, 0.05) is 6.61 Å². The van der Waals surface area contributed by atoms with Crippen molar-refractivity contribution in [2.75, 3.05) is 6.61 Å². The number of hydrogen-bond acceptors (Lipinski definition) is 1. The molecule has 1 fully saturated rings. The molecule has 0 aromatic carbocycles. The fourth-order valence-corrected chi connectivity index (χ4v) is 4.99. The lowest BCUT2D eigenvalue weighted by molar-refractivity contribution is 0.263. The Balaban J connectivity index is 2.18. The maximum Gasteiger partial charge on any atom is 0.217 e. The normalized spacial score (nSPS) is 18.6. The summed E-state index contributed by atoms with van der Waals surface area (Å²) >= 11 is 0. The number of hydrogen-bond donors (Lipinski definition) is 0. The van der Waals surface area contributed by atoms with E-state index >= 15 is 0 Å². The van der Waals surface area contributed by atoms with Gasteiger partial charge in [0.15, 0.2) is 0 Å². The minimum atomic E-state index is -0.537. The van der Waals surface area contributed by atoms with Crippen LogP contribution in [0.25, 0.3) is 0 Å². The average molecular weight is 239 g/mol. The van der Waals surface area contributed by atoms with Gasteiger partial charge in [-0.05, 0) is 36.8 Å². The lowest BCUT2D eigenvalue weighted by Gasteiger charge is -2.34.